The lowest BCUT2D eigenvalue weighted by Gasteiger charge is -2.34. The molecule has 0 fully saturated rings. The van der Waals surface area contributed by atoms with Gasteiger partial charge in [0, 0.05) is 17.6 Å². The molecule has 2 N–H and O–H groups in total. The van der Waals surface area contributed by atoms with Gasteiger partial charge in [-0.05, 0) is 84.7 Å². The molecule has 3 rings (SSSR count). The summed E-state index contributed by atoms with van der Waals surface area (Å²) in [5, 5.41) is 14.0. The van der Waals surface area contributed by atoms with Crippen molar-refractivity contribution in [1.82, 2.24) is 5.32 Å². The molecular formula is C26H27ClF7NO. The topological polar surface area (TPSA) is 32.3 Å². The zero-order valence-corrected chi connectivity index (χ0v) is 20.7. The molecule has 0 spiro atoms. The van der Waals surface area contributed by atoms with Crippen LogP contribution in [0.5, 0.6) is 0 Å². The molecule has 1 aliphatic carbocycles. The Balaban J connectivity index is 1.89. The van der Waals surface area contributed by atoms with Crippen LogP contribution in [-0.2, 0) is 12.4 Å². The summed E-state index contributed by atoms with van der Waals surface area (Å²) in [5.41, 5.74) is -1.13. The monoisotopic (exact) mass is 537 g/mol. The Bertz CT molecular complexity index is 1090. The highest BCUT2D eigenvalue weighted by atomic mass is 35.5. The van der Waals surface area contributed by atoms with E-state index in [0.29, 0.717) is 30.5 Å². The first-order chi connectivity index (χ1) is 16.5. The predicted molar refractivity (Wildman–Crippen MR) is 125 cm³/mol. The lowest BCUT2D eigenvalue weighted by atomic mass is 9.73. The van der Waals surface area contributed by atoms with E-state index in [1.165, 1.54) is 19.1 Å². The average Bonchev–Trinajstić information content (AvgIpc) is 2.74. The standard InChI is InChI=1S/C26H27ClF7NO/c1-14(23(36)16-6-18(25(29,30)31)10-19(7-16)26(32,33)34)35-13-17-12-24(2,3)5-4-22(17)15-8-20(27)11-21(28)9-15/h6-11,14,23,35-36H,4-5,12-13H2,1-3H3/t14-,23-/m0/s1. The molecular weight excluding hydrogens is 511 g/mol. The summed E-state index contributed by atoms with van der Waals surface area (Å²) < 4.78 is 93.3. The van der Waals surface area contributed by atoms with Crippen molar-refractivity contribution in [2.45, 2.75) is 64.5 Å². The van der Waals surface area contributed by atoms with Crippen LogP contribution in [-0.4, -0.2) is 17.7 Å². The normalized spacial score (nSPS) is 18.3. The lowest BCUT2D eigenvalue weighted by Crippen LogP contribution is -2.35. The summed E-state index contributed by atoms with van der Waals surface area (Å²) in [6.45, 7) is 5.82. The van der Waals surface area contributed by atoms with Crippen LogP contribution in [0.3, 0.4) is 0 Å². The maximum Gasteiger partial charge on any atom is 0.416 e. The highest BCUT2D eigenvalue weighted by Gasteiger charge is 2.38. The zero-order chi connectivity index (χ0) is 27.1. The van der Waals surface area contributed by atoms with Crippen molar-refractivity contribution < 1.29 is 35.8 Å². The van der Waals surface area contributed by atoms with E-state index in [4.69, 9.17) is 11.6 Å². The number of allylic oxidation sites excluding steroid dienone is 1. The number of hydrogen-bond acceptors (Lipinski definition) is 2. The highest BCUT2D eigenvalue weighted by molar-refractivity contribution is 6.30. The van der Waals surface area contributed by atoms with Crippen LogP contribution >= 0.6 is 11.6 Å². The van der Waals surface area contributed by atoms with Gasteiger partial charge in [-0.25, -0.2) is 4.39 Å². The van der Waals surface area contributed by atoms with E-state index in [0.717, 1.165) is 17.6 Å². The molecule has 0 heterocycles. The Labute approximate surface area is 210 Å². The van der Waals surface area contributed by atoms with Gasteiger partial charge in [-0.15, -0.1) is 0 Å². The molecule has 0 radical (unpaired) electrons. The molecule has 0 aliphatic heterocycles. The number of rotatable bonds is 6. The second kappa shape index (κ2) is 10.3. The summed E-state index contributed by atoms with van der Waals surface area (Å²) in [4.78, 5) is 0. The van der Waals surface area contributed by atoms with Crippen LogP contribution in [0.4, 0.5) is 30.7 Å². The maximum absolute atomic E-state index is 14.0. The van der Waals surface area contributed by atoms with Gasteiger partial charge in [0.2, 0.25) is 0 Å². The molecule has 2 aromatic carbocycles. The Morgan fingerprint density at radius 2 is 1.56 bits per heavy atom. The summed E-state index contributed by atoms with van der Waals surface area (Å²) in [7, 11) is 0. The third-order valence-electron chi connectivity index (χ3n) is 6.44. The van der Waals surface area contributed by atoms with Crippen molar-refractivity contribution in [2.75, 3.05) is 6.54 Å². The van der Waals surface area contributed by atoms with Gasteiger partial charge in [-0.2, -0.15) is 26.3 Å². The second-order valence-electron chi connectivity index (χ2n) is 10.0. The smallest absolute Gasteiger partial charge is 0.387 e. The van der Waals surface area contributed by atoms with E-state index in [9.17, 15) is 35.8 Å². The average molecular weight is 538 g/mol. The highest BCUT2D eigenvalue weighted by Crippen LogP contribution is 2.43. The maximum atomic E-state index is 14.0. The van der Waals surface area contributed by atoms with Gasteiger partial charge in [-0.1, -0.05) is 31.0 Å². The van der Waals surface area contributed by atoms with Gasteiger partial charge in [0.1, 0.15) is 5.82 Å². The van der Waals surface area contributed by atoms with Crippen LogP contribution in [0.2, 0.25) is 5.02 Å². The van der Waals surface area contributed by atoms with E-state index >= 15 is 0 Å². The van der Waals surface area contributed by atoms with Crippen LogP contribution < -0.4 is 5.32 Å². The fourth-order valence-electron chi connectivity index (χ4n) is 4.49. The minimum atomic E-state index is -5.01. The van der Waals surface area contributed by atoms with E-state index < -0.39 is 47.0 Å². The predicted octanol–water partition coefficient (Wildman–Crippen LogP) is 8.19. The molecule has 1 aliphatic rings. The van der Waals surface area contributed by atoms with Gasteiger partial charge in [0.25, 0.3) is 0 Å². The molecule has 2 atom stereocenters. The molecule has 36 heavy (non-hydrogen) atoms. The van der Waals surface area contributed by atoms with Crippen LogP contribution in [0.15, 0.2) is 42.0 Å². The van der Waals surface area contributed by atoms with Gasteiger partial charge in [-0.3, -0.25) is 0 Å². The summed E-state index contributed by atoms with van der Waals surface area (Å²) >= 11 is 6.03. The summed E-state index contributed by atoms with van der Waals surface area (Å²) in [5.74, 6) is -0.490. The van der Waals surface area contributed by atoms with E-state index in [1.807, 2.05) is 0 Å². The summed E-state index contributed by atoms with van der Waals surface area (Å²) in [6.07, 6.45) is -9.55. The molecule has 0 unspecified atom stereocenters. The van der Waals surface area contributed by atoms with Crippen molar-refractivity contribution in [3.8, 4) is 0 Å². The molecule has 0 bridgehead atoms. The van der Waals surface area contributed by atoms with Crippen LogP contribution in [0.1, 0.15) is 68.4 Å². The van der Waals surface area contributed by atoms with Crippen molar-refractivity contribution in [3.63, 3.8) is 0 Å². The van der Waals surface area contributed by atoms with Crippen LogP contribution in [0, 0.1) is 11.2 Å². The molecule has 2 aromatic rings. The van der Waals surface area contributed by atoms with Gasteiger partial charge < -0.3 is 10.4 Å². The molecule has 198 valence electrons. The fourth-order valence-corrected chi connectivity index (χ4v) is 4.71. The molecule has 10 heteroatoms. The van der Waals surface area contributed by atoms with Crippen molar-refractivity contribution in [2.24, 2.45) is 5.41 Å². The van der Waals surface area contributed by atoms with Crippen LogP contribution in [0.25, 0.3) is 5.57 Å². The van der Waals surface area contributed by atoms with Gasteiger partial charge in [0.15, 0.2) is 0 Å². The van der Waals surface area contributed by atoms with Crippen molar-refractivity contribution in [1.29, 1.82) is 0 Å². The van der Waals surface area contributed by atoms with E-state index in [1.54, 1.807) is 6.07 Å². The molecule has 2 nitrogen and oxygen atoms in total. The first-order valence-corrected chi connectivity index (χ1v) is 11.7. The Kier molecular flexibility index (Phi) is 8.18. The zero-order valence-electron chi connectivity index (χ0n) is 19.9. The van der Waals surface area contributed by atoms with E-state index in [-0.39, 0.29) is 23.0 Å². The number of aliphatic hydroxyl groups is 1. The number of benzene rings is 2. The Hall–Kier alpha value is -2.10. The van der Waals surface area contributed by atoms with Gasteiger partial charge >= 0.3 is 12.4 Å². The number of nitrogens with one attached hydrogen (secondary N) is 1. The Morgan fingerprint density at radius 1 is 0.972 bits per heavy atom. The molecule has 0 saturated carbocycles. The third kappa shape index (κ3) is 7.01. The first kappa shape index (κ1) is 28.5. The first-order valence-electron chi connectivity index (χ1n) is 11.3. The second-order valence-corrected chi connectivity index (χ2v) is 10.5. The number of alkyl halides is 6. The SMILES string of the molecule is C[C@H](NCC1=C(c2cc(F)cc(Cl)c2)CCC(C)(C)C1)[C@H](O)c1cc(C(F)(F)F)cc(C(F)(F)F)c1. The summed E-state index contributed by atoms with van der Waals surface area (Å²) in [6, 6.07) is 4.42. The fraction of sp³-hybridized carbons (Fsp3) is 0.462. The minimum absolute atomic E-state index is 0.0274. The molecule has 0 aromatic heterocycles. The number of hydrogen-bond donors (Lipinski definition) is 2. The number of aliphatic hydroxyl groups excluding tert-OH is 1. The molecule has 0 saturated heterocycles. The van der Waals surface area contributed by atoms with Gasteiger partial charge in [0.05, 0.1) is 17.2 Å². The van der Waals surface area contributed by atoms with E-state index in [2.05, 4.69) is 19.2 Å². The van der Waals surface area contributed by atoms with Crippen molar-refractivity contribution in [3.05, 3.63) is 75.1 Å². The largest absolute Gasteiger partial charge is 0.416 e. The molecule has 0 amide bonds. The third-order valence-corrected chi connectivity index (χ3v) is 6.66. The minimum Gasteiger partial charge on any atom is -0.387 e. The Morgan fingerprint density at radius 3 is 2.08 bits per heavy atom. The quantitative estimate of drug-likeness (QED) is 0.364. The van der Waals surface area contributed by atoms with Crippen molar-refractivity contribution >= 4 is 17.2 Å². The lowest BCUT2D eigenvalue weighted by molar-refractivity contribution is -0.143. The number of halogens is 8.